The van der Waals surface area contributed by atoms with Gasteiger partial charge in [0.15, 0.2) is 6.61 Å². The topological polar surface area (TPSA) is 65.4 Å². The highest BCUT2D eigenvalue weighted by atomic mass is 16.5. The molecule has 0 aliphatic carbocycles. The Morgan fingerprint density at radius 3 is 2.79 bits per heavy atom. The third-order valence-electron chi connectivity index (χ3n) is 4.81. The number of aryl methyl sites for hydroxylation is 2. The van der Waals surface area contributed by atoms with Crippen LogP contribution in [-0.4, -0.2) is 35.3 Å². The van der Waals surface area contributed by atoms with Gasteiger partial charge in [-0.15, -0.1) is 0 Å². The lowest BCUT2D eigenvalue weighted by molar-refractivity contribution is -0.123. The number of hydrogen-bond acceptors (Lipinski definition) is 4. The van der Waals surface area contributed by atoms with Gasteiger partial charge in [-0.1, -0.05) is 24.3 Å². The molecule has 0 saturated carbocycles. The molecule has 0 radical (unpaired) electrons. The Kier molecular flexibility index (Phi) is 6.88. The highest BCUT2D eigenvalue weighted by Gasteiger charge is 2.18. The molecule has 6 heteroatoms. The molecule has 0 spiro atoms. The zero-order valence-electron chi connectivity index (χ0n) is 17.6. The summed E-state index contributed by atoms with van der Waals surface area (Å²) in [6, 6.07) is 13.7. The fourth-order valence-electron chi connectivity index (χ4n) is 3.31. The minimum absolute atomic E-state index is 0.0339. The van der Waals surface area contributed by atoms with Gasteiger partial charge in [-0.25, -0.2) is 4.98 Å². The molecule has 2 aromatic carbocycles. The Morgan fingerprint density at radius 2 is 2.00 bits per heavy atom. The van der Waals surface area contributed by atoms with Crippen molar-refractivity contribution in [2.75, 3.05) is 19.8 Å². The van der Waals surface area contributed by atoms with E-state index in [0.717, 1.165) is 33.7 Å². The number of imidazole rings is 1. The molecule has 0 fully saturated rings. The van der Waals surface area contributed by atoms with Gasteiger partial charge in [-0.2, -0.15) is 0 Å². The van der Waals surface area contributed by atoms with Crippen molar-refractivity contribution in [2.24, 2.45) is 0 Å². The second-order valence-electron chi connectivity index (χ2n) is 7.15. The van der Waals surface area contributed by atoms with Gasteiger partial charge in [0.25, 0.3) is 5.91 Å². The van der Waals surface area contributed by atoms with E-state index < -0.39 is 0 Å². The molecule has 1 amide bonds. The zero-order valence-corrected chi connectivity index (χ0v) is 17.6. The number of carbonyl (C=O) groups excluding carboxylic acids is 1. The third-order valence-corrected chi connectivity index (χ3v) is 4.81. The van der Waals surface area contributed by atoms with Crippen LogP contribution in [0, 0.1) is 13.8 Å². The van der Waals surface area contributed by atoms with E-state index in [9.17, 15) is 4.79 Å². The Morgan fingerprint density at radius 1 is 1.21 bits per heavy atom. The van der Waals surface area contributed by atoms with Crippen molar-refractivity contribution >= 4 is 16.9 Å². The second-order valence-corrected chi connectivity index (χ2v) is 7.15. The van der Waals surface area contributed by atoms with Gasteiger partial charge in [0.1, 0.15) is 11.6 Å². The van der Waals surface area contributed by atoms with E-state index in [2.05, 4.69) is 9.88 Å². The highest BCUT2D eigenvalue weighted by molar-refractivity contribution is 5.79. The fraction of sp³-hybridized carbons (Fsp3) is 0.391. The molecule has 1 heterocycles. The average Bonchev–Trinajstić information content (AvgIpc) is 3.08. The van der Waals surface area contributed by atoms with Crippen LogP contribution < -0.4 is 10.1 Å². The minimum atomic E-state index is -0.251. The fourth-order valence-corrected chi connectivity index (χ4v) is 3.31. The maximum atomic E-state index is 12.5. The van der Waals surface area contributed by atoms with E-state index in [0.29, 0.717) is 19.8 Å². The van der Waals surface area contributed by atoms with E-state index in [1.807, 2.05) is 70.2 Å². The summed E-state index contributed by atoms with van der Waals surface area (Å²) in [4.78, 5) is 17.2. The van der Waals surface area contributed by atoms with Crippen molar-refractivity contribution < 1.29 is 14.3 Å². The summed E-state index contributed by atoms with van der Waals surface area (Å²) in [7, 11) is 0. The Hall–Kier alpha value is -2.86. The van der Waals surface area contributed by atoms with Crippen LogP contribution in [0.25, 0.3) is 11.0 Å². The SMILES string of the molecule is CCOCCn1c(C(C)NC(=O)COc2cc(C)ccc2C)nc2ccccc21. The largest absolute Gasteiger partial charge is 0.483 e. The second kappa shape index (κ2) is 9.56. The predicted molar refractivity (Wildman–Crippen MR) is 114 cm³/mol. The first-order chi connectivity index (χ1) is 14.0. The maximum Gasteiger partial charge on any atom is 0.258 e. The summed E-state index contributed by atoms with van der Waals surface area (Å²) in [5.74, 6) is 1.37. The van der Waals surface area contributed by atoms with Gasteiger partial charge in [0.2, 0.25) is 0 Å². The van der Waals surface area contributed by atoms with Crippen LogP contribution >= 0.6 is 0 Å². The summed E-state index contributed by atoms with van der Waals surface area (Å²) in [5.41, 5.74) is 4.05. The number of hydrogen-bond donors (Lipinski definition) is 1. The molecule has 1 N–H and O–H groups in total. The van der Waals surface area contributed by atoms with Crippen LogP contribution in [0.5, 0.6) is 5.75 Å². The Balaban J connectivity index is 1.70. The number of rotatable bonds is 9. The number of ether oxygens (including phenoxy) is 2. The molecular formula is C23H29N3O3. The number of nitrogens with zero attached hydrogens (tertiary/aromatic N) is 2. The van der Waals surface area contributed by atoms with Crippen LogP contribution in [0.3, 0.4) is 0 Å². The molecule has 0 aliphatic rings. The van der Waals surface area contributed by atoms with Crippen molar-refractivity contribution in [3.05, 3.63) is 59.4 Å². The van der Waals surface area contributed by atoms with Crippen molar-refractivity contribution in [3.63, 3.8) is 0 Å². The summed E-state index contributed by atoms with van der Waals surface area (Å²) in [5, 5.41) is 3.00. The molecule has 1 unspecified atom stereocenters. The number of benzene rings is 2. The molecule has 29 heavy (non-hydrogen) atoms. The number of para-hydroxylation sites is 2. The van der Waals surface area contributed by atoms with Gasteiger partial charge in [0, 0.05) is 13.2 Å². The number of amides is 1. The predicted octanol–water partition coefficient (Wildman–Crippen LogP) is 3.95. The van der Waals surface area contributed by atoms with E-state index in [1.54, 1.807) is 0 Å². The van der Waals surface area contributed by atoms with Crippen LogP contribution in [0.15, 0.2) is 42.5 Å². The first-order valence-corrected chi connectivity index (χ1v) is 10.0. The number of carbonyl (C=O) groups is 1. The molecule has 1 atom stereocenters. The number of fused-ring (bicyclic) bond motifs is 1. The van der Waals surface area contributed by atoms with Crippen molar-refractivity contribution in [1.29, 1.82) is 0 Å². The smallest absolute Gasteiger partial charge is 0.258 e. The third kappa shape index (κ3) is 5.15. The van der Waals surface area contributed by atoms with Crippen LogP contribution in [0.4, 0.5) is 0 Å². The summed E-state index contributed by atoms with van der Waals surface area (Å²) < 4.78 is 13.4. The van der Waals surface area contributed by atoms with Gasteiger partial charge >= 0.3 is 0 Å². The van der Waals surface area contributed by atoms with Gasteiger partial charge in [-0.05, 0) is 57.0 Å². The van der Waals surface area contributed by atoms with E-state index in [4.69, 9.17) is 14.5 Å². The van der Waals surface area contributed by atoms with Crippen LogP contribution in [0.1, 0.15) is 36.8 Å². The summed E-state index contributed by atoms with van der Waals surface area (Å²) in [6.45, 7) is 9.80. The molecule has 1 aromatic heterocycles. The Bertz CT molecular complexity index is 981. The van der Waals surface area contributed by atoms with E-state index >= 15 is 0 Å². The lowest BCUT2D eigenvalue weighted by atomic mass is 10.1. The lowest BCUT2D eigenvalue weighted by Gasteiger charge is -2.17. The Labute approximate surface area is 171 Å². The van der Waals surface area contributed by atoms with Crippen molar-refractivity contribution in [1.82, 2.24) is 14.9 Å². The van der Waals surface area contributed by atoms with Crippen LogP contribution in [0.2, 0.25) is 0 Å². The van der Waals surface area contributed by atoms with Crippen LogP contribution in [-0.2, 0) is 16.1 Å². The van der Waals surface area contributed by atoms with Gasteiger partial charge in [0.05, 0.1) is 23.7 Å². The monoisotopic (exact) mass is 395 g/mol. The molecule has 6 nitrogen and oxygen atoms in total. The molecule has 0 saturated heterocycles. The molecule has 154 valence electrons. The number of nitrogens with one attached hydrogen (secondary N) is 1. The molecule has 0 bridgehead atoms. The highest BCUT2D eigenvalue weighted by Crippen LogP contribution is 2.21. The standard InChI is InChI=1S/C23H29N3O3/c1-5-28-13-12-26-20-9-7-6-8-19(20)25-23(26)18(4)24-22(27)15-29-21-14-16(2)10-11-17(21)3/h6-11,14,18H,5,12-13,15H2,1-4H3,(H,24,27). The molecule has 3 rings (SSSR count). The van der Waals surface area contributed by atoms with Gasteiger partial charge < -0.3 is 19.4 Å². The molecule has 3 aromatic rings. The minimum Gasteiger partial charge on any atom is -0.483 e. The van der Waals surface area contributed by atoms with E-state index in [1.165, 1.54) is 0 Å². The first kappa shape index (κ1) is 20.9. The van der Waals surface area contributed by atoms with Crippen molar-refractivity contribution in [2.45, 2.75) is 40.3 Å². The van der Waals surface area contributed by atoms with Crippen molar-refractivity contribution in [3.8, 4) is 5.75 Å². The quantitative estimate of drug-likeness (QED) is 0.557. The summed E-state index contributed by atoms with van der Waals surface area (Å²) in [6.07, 6.45) is 0. The zero-order chi connectivity index (χ0) is 20.8. The maximum absolute atomic E-state index is 12.5. The number of aromatic nitrogens is 2. The normalized spacial score (nSPS) is 12.1. The molecular weight excluding hydrogens is 366 g/mol. The lowest BCUT2D eigenvalue weighted by Crippen LogP contribution is -2.33. The summed E-state index contributed by atoms with van der Waals surface area (Å²) >= 11 is 0. The van der Waals surface area contributed by atoms with E-state index in [-0.39, 0.29) is 18.6 Å². The molecule has 0 aliphatic heterocycles. The average molecular weight is 396 g/mol. The first-order valence-electron chi connectivity index (χ1n) is 10.0. The van der Waals surface area contributed by atoms with Gasteiger partial charge in [-0.3, -0.25) is 4.79 Å².